The molecule has 0 spiro atoms. The predicted molar refractivity (Wildman–Crippen MR) is 67.1 cm³/mol. The second-order valence-electron chi connectivity index (χ2n) is 4.68. The van der Waals surface area contributed by atoms with E-state index < -0.39 is 6.17 Å². The number of rotatable bonds is 1. The van der Waals surface area contributed by atoms with Crippen LogP contribution in [-0.2, 0) is 0 Å². The number of phenolic OH excluding ortho intramolecular Hbond substituents is 1. The molecule has 6 heteroatoms. The van der Waals surface area contributed by atoms with Gasteiger partial charge in [0, 0.05) is 18.7 Å². The van der Waals surface area contributed by atoms with Crippen LogP contribution in [0.4, 0.5) is 10.1 Å². The number of ether oxygens (including phenoxy) is 1. The minimum atomic E-state index is -1.01. The third-order valence-corrected chi connectivity index (χ3v) is 3.47. The van der Waals surface area contributed by atoms with Crippen LogP contribution in [0.25, 0.3) is 0 Å². The smallest absolute Gasteiger partial charge is 0.256 e. The first-order valence-electron chi connectivity index (χ1n) is 6.00. The van der Waals surface area contributed by atoms with Gasteiger partial charge in [-0.25, -0.2) is 4.39 Å². The summed E-state index contributed by atoms with van der Waals surface area (Å²) < 4.78 is 18.4. The zero-order valence-corrected chi connectivity index (χ0v) is 10.3. The lowest BCUT2D eigenvalue weighted by atomic mass is 10.1. The van der Waals surface area contributed by atoms with Crippen molar-refractivity contribution in [2.45, 2.75) is 18.6 Å². The van der Waals surface area contributed by atoms with Gasteiger partial charge >= 0.3 is 0 Å². The molecule has 2 aliphatic rings. The molecule has 0 radical (unpaired) electrons. The van der Waals surface area contributed by atoms with E-state index in [1.165, 1.54) is 24.1 Å². The molecule has 2 atom stereocenters. The van der Waals surface area contributed by atoms with Gasteiger partial charge in [0.25, 0.3) is 5.91 Å². The summed E-state index contributed by atoms with van der Waals surface area (Å²) in [6.45, 7) is 0.0815. The van der Waals surface area contributed by atoms with E-state index in [2.05, 4.69) is 4.99 Å². The number of methoxy groups -OCH3 is 1. The second-order valence-corrected chi connectivity index (χ2v) is 4.68. The van der Waals surface area contributed by atoms with Gasteiger partial charge in [0.15, 0.2) is 11.5 Å². The average molecular weight is 264 g/mol. The molecular weight excluding hydrogens is 251 g/mol. The van der Waals surface area contributed by atoms with Crippen molar-refractivity contribution in [2.75, 3.05) is 13.7 Å². The number of nitrogens with zero attached hydrogens (tertiary/aromatic N) is 2. The van der Waals surface area contributed by atoms with Crippen LogP contribution in [0.1, 0.15) is 16.8 Å². The fourth-order valence-electron chi connectivity index (χ4n) is 2.51. The molecular formula is C13H13FN2O3. The van der Waals surface area contributed by atoms with Gasteiger partial charge in [-0.05, 0) is 6.07 Å². The number of fused-ring (bicyclic) bond motifs is 2. The molecule has 1 N–H and O–H groups in total. The molecule has 2 aliphatic heterocycles. The standard InChI is InChI=1S/C13H13FN2O3/c1-19-12-3-9-10(4-11(12)17)15-5-8-2-7(14)6-16(8)13(9)18/h3-5,7-8,17H,2,6H2,1H3/t7-,8-/m0/s1. The maximum Gasteiger partial charge on any atom is 0.256 e. The molecule has 0 bridgehead atoms. The summed E-state index contributed by atoms with van der Waals surface area (Å²) in [5, 5.41) is 9.71. The molecule has 1 fully saturated rings. The number of benzene rings is 1. The highest BCUT2D eigenvalue weighted by atomic mass is 19.1. The van der Waals surface area contributed by atoms with E-state index in [1.54, 1.807) is 6.21 Å². The van der Waals surface area contributed by atoms with Gasteiger partial charge in [0.05, 0.1) is 30.9 Å². The zero-order chi connectivity index (χ0) is 13.6. The first-order valence-corrected chi connectivity index (χ1v) is 6.00. The quantitative estimate of drug-likeness (QED) is 0.839. The first kappa shape index (κ1) is 12.0. The van der Waals surface area contributed by atoms with Crippen LogP contribution in [0, 0.1) is 0 Å². The van der Waals surface area contributed by atoms with E-state index in [1.807, 2.05) is 0 Å². The van der Waals surface area contributed by atoms with Gasteiger partial charge in [0.1, 0.15) is 6.17 Å². The zero-order valence-electron chi connectivity index (χ0n) is 10.3. The number of alkyl halides is 1. The summed E-state index contributed by atoms with van der Waals surface area (Å²) in [6, 6.07) is 2.51. The Morgan fingerprint density at radius 2 is 2.32 bits per heavy atom. The Morgan fingerprint density at radius 3 is 3.05 bits per heavy atom. The van der Waals surface area contributed by atoms with E-state index in [0.29, 0.717) is 11.3 Å². The summed E-state index contributed by atoms with van der Waals surface area (Å²) in [7, 11) is 1.40. The highest BCUT2D eigenvalue weighted by molar-refractivity contribution is 6.03. The van der Waals surface area contributed by atoms with Crippen molar-refractivity contribution in [2.24, 2.45) is 4.99 Å². The Bertz CT molecular complexity index is 573. The lowest BCUT2D eigenvalue weighted by Crippen LogP contribution is -2.35. The topological polar surface area (TPSA) is 62.1 Å². The average Bonchev–Trinajstić information content (AvgIpc) is 2.71. The van der Waals surface area contributed by atoms with Crippen LogP contribution in [0.3, 0.4) is 0 Å². The molecule has 2 heterocycles. The Balaban J connectivity index is 2.09. The van der Waals surface area contributed by atoms with Crippen molar-refractivity contribution in [3.05, 3.63) is 17.7 Å². The minimum Gasteiger partial charge on any atom is -0.504 e. The normalized spacial score (nSPS) is 24.9. The molecule has 0 saturated carbocycles. The van der Waals surface area contributed by atoms with Crippen molar-refractivity contribution in [3.63, 3.8) is 0 Å². The number of hydrogen-bond acceptors (Lipinski definition) is 4. The number of amides is 1. The van der Waals surface area contributed by atoms with Gasteiger partial charge in [0.2, 0.25) is 0 Å². The predicted octanol–water partition coefficient (Wildman–Crippen LogP) is 1.67. The number of carbonyl (C=O) groups excluding carboxylic acids is 1. The van der Waals surface area contributed by atoms with Crippen LogP contribution >= 0.6 is 0 Å². The van der Waals surface area contributed by atoms with Crippen LogP contribution in [0.2, 0.25) is 0 Å². The number of aromatic hydroxyl groups is 1. The van der Waals surface area contributed by atoms with Crippen LogP contribution in [0.5, 0.6) is 11.5 Å². The lowest BCUT2D eigenvalue weighted by Gasteiger charge is -2.19. The third-order valence-electron chi connectivity index (χ3n) is 3.47. The molecule has 1 aromatic rings. The van der Waals surface area contributed by atoms with E-state index in [0.717, 1.165) is 0 Å². The highest BCUT2D eigenvalue weighted by Gasteiger charge is 2.37. The number of halogens is 1. The van der Waals surface area contributed by atoms with Gasteiger partial charge < -0.3 is 14.7 Å². The van der Waals surface area contributed by atoms with Crippen molar-refractivity contribution in [1.82, 2.24) is 4.90 Å². The monoisotopic (exact) mass is 264 g/mol. The molecule has 0 aliphatic carbocycles. The molecule has 1 amide bonds. The SMILES string of the molecule is COc1cc2c(cc1O)N=C[C@@H]1C[C@H](F)CN1C2=O. The van der Waals surface area contributed by atoms with Crippen LogP contribution < -0.4 is 4.74 Å². The van der Waals surface area contributed by atoms with E-state index in [9.17, 15) is 14.3 Å². The maximum atomic E-state index is 13.4. The van der Waals surface area contributed by atoms with Crippen molar-refractivity contribution in [1.29, 1.82) is 0 Å². The summed E-state index contributed by atoms with van der Waals surface area (Å²) >= 11 is 0. The molecule has 1 saturated heterocycles. The number of carbonyl (C=O) groups is 1. The van der Waals surface area contributed by atoms with Gasteiger partial charge in [-0.1, -0.05) is 0 Å². The summed E-state index contributed by atoms with van der Waals surface area (Å²) in [5.74, 6) is -0.149. The molecule has 19 heavy (non-hydrogen) atoms. The molecule has 3 rings (SSSR count). The maximum absolute atomic E-state index is 13.4. The minimum absolute atomic E-state index is 0.0726. The van der Waals surface area contributed by atoms with Crippen LogP contribution in [0.15, 0.2) is 17.1 Å². The summed E-state index contributed by atoms with van der Waals surface area (Å²) in [6.07, 6.45) is 0.822. The molecule has 1 aromatic carbocycles. The molecule has 100 valence electrons. The van der Waals surface area contributed by atoms with Gasteiger partial charge in [-0.2, -0.15) is 0 Å². The third kappa shape index (κ3) is 1.83. The molecule has 0 aromatic heterocycles. The van der Waals surface area contributed by atoms with Gasteiger partial charge in [-0.15, -0.1) is 0 Å². The first-order chi connectivity index (χ1) is 9.10. The Kier molecular flexibility index (Phi) is 2.66. The highest BCUT2D eigenvalue weighted by Crippen LogP contribution is 2.37. The fraction of sp³-hybridized carbons (Fsp3) is 0.385. The van der Waals surface area contributed by atoms with E-state index >= 15 is 0 Å². The number of hydrogen-bond donors (Lipinski definition) is 1. The summed E-state index contributed by atoms with van der Waals surface area (Å²) in [4.78, 5) is 18.0. The number of phenols is 1. The Labute approximate surface area is 109 Å². The van der Waals surface area contributed by atoms with Gasteiger partial charge in [-0.3, -0.25) is 9.79 Å². The van der Waals surface area contributed by atoms with Crippen molar-refractivity contribution < 1.29 is 19.0 Å². The molecule has 0 unspecified atom stereocenters. The van der Waals surface area contributed by atoms with Crippen molar-refractivity contribution in [3.8, 4) is 11.5 Å². The Morgan fingerprint density at radius 1 is 1.53 bits per heavy atom. The lowest BCUT2D eigenvalue weighted by molar-refractivity contribution is 0.0765. The van der Waals surface area contributed by atoms with E-state index in [-0.39, 0.29) is 36.4 Å². The van der Waals surface area contributed by atoms with Crippen molar-refractivity contribution >= 4 is 17.8 Å². The van der Waals surface area contributed by atoms with Crippen LogP contribution in [-0.4, -0.2) is 48.0 Å². The number of aliphatic imine (C=N–C) groups is 1. The fourth-order valence-corrected chi connectivity index (χ4v) is 2.51. The second kappa shape index (κ2) is 4.22. The van der Waals surface area contributed by atoms with E-state index in [4.69, 9.17) is 4.74 Å². The largest absolute Gasteiger partial charge is 0.504 e. The summed E-state index contributed by atoms with van der Waals surface area (Å²) in [5.41, 5.74) is 0.704. The Hall–Kier alpha value is -2.11. The molecule has 5 nitrogen and oxygen atoms in total.